The summed E-state index contributed by atoms with van der Waals surface area (Å²) in [7, 11) is 0. The number of piperidine rings is 1. The second-order valence-electron chi connectivity index (χ2n) is 8.23. The van der Waals surface area contributed by atoms with Gasteiger partial charge in [-0.25, -0.2) is 4.79 Å². The first-order chi connectivity index (χ1) is 13.5. The molecule has 0 spiro atoms. The summed E-state index contributed by atoms with van der Waals surface area (Å²) in [5.74, 6) is 0.365. The number of furan rings is 1. The molecule has 152 valence electrons. The van der Waals surface area contributed by atoms with Crippen LogP contribution in [0.4, 0.5) is 4.79 Å². The molecule has 0 bridgehead atoms. The van der Waals surface area contributed by atoms with Crippen molar-refractivity contribution in [1.29, 1.82) is 0 Å². The summed E-state index contributed by atoms with van der Waals surface area (Å²) >= 11 is 0. The SMILES string of the molecule is CC1(C2CC2)NC(=O)N(CC(=O)NCC(c2ccco2)N2CCCCC2)C1=O. The van der Waals surface area contributed by atoms with Crippen molar-refractivity contribution in [2.45, 2.75) is 50.6 Å². The van der Waals surface area contributed by atoms with Gasteiger partial charge in [0.05, 0.1) is 12.3 Å². The minimum atomic E-state index is -0.859. The van der Waals surface area contributed by atoms with Gasteiger partial charge in [-0.1, -0.05) is 6.42 Å². The van der Waals surface area contributed by atoms with Crippen molar-refractivity contribution >= 4 is 17.8 Å². The third-order valence-corrected chi connectivity index (χ3v) is 6.19. The predicted octanol–water partition coefficient (Wildman–Crippen LogP) is 1.64. The summed E-state index contributed by atoms with van der Waals surface area (Å²) in [6, 6.07) is 3.25. The molecule has 28 heavy (non-hydrogen) atoms. The van der Waals surface area contributed by atoms with Crippen LogP contribution in [0.5, 0.6) is 0 Å². The zero-order valence-electron chi connectivity index (χ0n) is 16.3. The Morgan fingerprint density at radius 1 is 1.32 bits per heavy atom. The van der Waals surface area contributed by atoms with Crippen LogP contribution in [-0.4, -0.2) is 59.4 Å². The Balaban J connectivity index is 1.36. The predicted molar refractivity (Wildman–Crippen MR) is 101 cm³/mol. The normalized spacial score (nSPS) is 27.0. The lowest BCUT2D eigenvalue weighted by molar-refractivity contribution is -0.135. The van der Waals surface area contributed by atoms with Crippen molar-refractivity contribution in [2.24, 2.45) is 5.92 Å². The molecule has 3 aliphatic rings. The number of amides is 4. The number of likely N-dealkylation sites (tertiary alicyclic amines) is 1. The van der Waals surface area contributed by atoms with Gasteiger partial charge in [0.15, 0.2) is 0 Å². The largest absolute Gasteiger partial charge is 0.468 e. The van der Waals surface area contributed by atoms with Crippen molar-refractivity contribution < 1.29 is 18.8 Å². The van der Waals surface area contributed by atoms with Gasteiger partial charge in [-0.2, -0.15) is 0 Å². The van der Waals surface area contributed by atoms with Gasteiger partial charge in [0.2, 0.25) is 5.91 Å². The maximum absolute atomic E-state index is 12.7. The van der Waals surface area contributed by atoms with E-state index in [0.717, 1.165) is 49.4 Å². The second-order valence-corrected chi connectivity index (χ2v) is 8.23. The van der Waals surface area contributed by atoms with Gasteiger partial charge >= 0.3 is 6.03 Å². The average molecular weight is 388 g/mol. The number of urea groups is 1. The molecular formula is C20H28N4O4. The van der Waals surface area contributed by atoms with Crippen molar-refractivity contribution in [1.82, 2.24) is 20.4 Å². The lowest BCUT2D eigenvalue weighted by Gasteiger charge is -2.33. The molecule has 3 heterocycles. The molecule has 4 amide bonds. The van der Waals surface area contributed by atoms with E-state index in [2.05, 4.69) is 15.5 Å². The van der Waals surface area contributed by atoms with Crippen molar-refractivity contribution in [3.8, 4) is 0 Å². The number of carbonyl (C=O) groups is 3. The van der Waals surface area contributed by atoms with Crippen LogP contribution < -0.4 is 10.6 Å². The van der Waals surface area contributed by atoms with E-state index >= 15 is 0 Å². The highest BCUT2D eigenvalue weighted by atomic mass is 16.3. The third-order valence-electron chi connectivity index (χ3n) is 6.19. The second kappa shape index (κ2) is 7.58. The number of nitrogens with zero attached hydrogens (tertiary/aromatic N) is 2. The lowest BCUT2D eigenvalue weighted by Crippen LogP contribution is -2.47. The molecule has 1 aromatic rings. The monoisotopic (exact) mass is 388 g/mol. The molecule has 0 aromatic carbocycles. The molecule has 1 saturated carbocycles. The molecule has 4 rings (SSSR count). The molecule has 3 fully saturated rings. The zero-order valence-corrected chi connectivity index (χ0v) is 16.3. The van der Waals surface area contributed by atoms with E-state index in [9.17, 15) is 14.4 Å². The van der Waals surface area contributed by atoms with Gasteiger partial charge in [-0.05, 0) is 63.7 Å². The Morgan fingerprint density at radius 2 is 2.07 bits per heavy atom. The Hall–Kier alpha value is -2.35. The van der Waals surface area contributed by atoms with Gasteiger partial charge in [0.25, 0.3) is 5.91 Å². The van der Waals surface area contributed by atoms with Gasteiger partial charge in [0, 0.05) is 6.54 Å². The number of hydrogen-bond donors (Lipinski definition) is 2. The molecule has 1 aliphatic carbocycles. The maximum atomic E-state index is 12.7. The molecule has 8 heteroatoms. The van der Waals surface area contributed by atoms with Gasteiger partial charge < -0.3 is 15.1 Å². The molecule has 1 aromatic heterocycles. The first-order valence-electron chi connectivity index (χ1n) is 10.2. The van der Waals surface area contributed by atoms with Crippen molar-refractivity contribution in [3.63, 3.8) is 0 Å². The van der Waals surface area contributed by atoms with E-state index < -0.39 is 11.6 Å². The van der Waals surface area contributed by atoms with Gasteiger partial charge in [0.1, 0.15) is 17.8 Å². The Labute approximate surface area is 164 Å². The molecule has 8 nitrogen and oxygen atoms in total. The molecule has 2 unspecified atom stereocenters. The van der Waals surface area contributed by atoms with Crippen molar-refractivity contribution in [2.75, 3.05) is 26.2 Å². The summed E-state index contributed by atoms with van der Waals surface area (Å²) in [6.07, 6.45) is 6.99. The van der Waals surface area contributed by atoms with Crippen molar-refractivity contribution in [3.05, 3.63) is 24.2 Å². The molecular weight excluding hydrogens is 360 g/mol. The number of carbonyl (C=O) groups excluding carboxylic acids is 3. The summed E-state index contributed by atoms with van der Waals surface area (Å²) < 4.78 is 5.59. The lowest BCUT2D eigenvalue weighted by atomic mass is 9.96. The van der Waals surface area contributed by atoms with E-state index in [4.69, 9.17) is 4.42 Å². The van der Waals surface area contributed by atoms with E-state index in [1.807, 2.05) is 12.1 Å². The number of imide groups is 1. The average Bonchev–Trinajstić information content (AvgIpc) is 3.38. The fraction of sp³-hybridized carbons (Fsp3) is 0.650. The van der Waals surface area contributed by atoms with Crippen LogP contribution in [0.25, 0.3) is 0 Å². The molecule has 2 atom stereocenters. The molecule has 2 N–H and O–H groups in total. The van der Waals surface area contributed by atoms with Gasteiger partial charge in [-0.15, -0.1) is 0 Å². The smallest absolute Gasteiger partial charge is 0.325 e. The highest BCUT2D eigenvalue weighted by molar-refractivity contribution is 6.09. The minimum absolute atomic E-state index is 0.0425. The van der Waals surface area contributed by atoms with E-state index in [0.29, 0.717) is 6.54 Å². The van der Waals surface area contributed by atoms with E-state index in [-0.39, 0.29) is 30.3 Å². The van der Waals surface area contributed by atoms with Crippen LogP contribution >= 0.6 is 0 Å². The highest BCUT2D eigenvalue weighted by Gasteiger charge is 2.56. The summed E-state index contributed by atoms with van der Waals surface area (Å²) in [5.41, 5.74) is -0.859. The van der Waals surface area contributed by atoms with Crippen LogP contribution in [0, 0.1) is 5.92 Å². The molecule has 2 aliphatic heterocycles. The standard InChI is InChI=1S/C20H28N4O4/c1-20(14-7-8-14)18(26)24(19(27)22-20)13-17(25)21-12-15(16-6-5-11-28-16)23-9-3-2-4-10-23/h5-6,11,14-15H,2-4,7-10,12-13H2,1H3,(H,21,25)(H,22,27). The number of nitrogens with one attached hydrogen (secondary N) is 2. The molecule has 2 saturated heterocycles. The Kier molecular flexibility index (Phi) is 5.14. The van der Waals surface area contributed by atoms with E-state index in [1.165, 1.54) is 6.42 Å². The zero-order chi connectivity index (χ0) is 19.7. The highest BCUT2D eigenvalue weighted by Crippen LogP contribution is 2.42. The number of hydrogen-bond acceptors (Lipinski definition) is 5. The first-order valence-corrected chi connectivity index (χ1v) is 10.2. The van der Waals surface area contributed by atoms with Crippen LogP contribution in [0.3, 0.4) is 0 Å². The van der Waals surface area contributed by atoms with Crippen LogP contribution in [-0.2, 0) is 9.59 Å². The summed E-state index contributed by atoms with van der Waals surface area (Å²) in [4.78, 5) is 40.8. The summed E-state index contributed by atoms with van der Waals surface area (Å²) in [6.45, 7) is 3.82. The first kappa shape index (κ1) is 19.0. The quantitative estimate of drug-likeness (QED) is 0.693. The maximum Gasteiger partial charge on any atom is 0.325 e. The summed E-state index contributed by atoms with van der Waals surface area (Å²) in [5, 5.41) is 5.66. The van der Waals surface area contributed by atoms with Gasteiger partial charge in [-0.3, -0.25) is 19.4 Å². The third kappa shape index (κ3) is 3.65. The van der Waals surface area contributed by atoms with Crippen LogP contribution in [0.2, 0.25) is 0 Å². The topological polar surface area (TPSA) is 94.9 Å². The number of rotatable bonds is 7. The van der Waals surface area contributed by atoms with Crippen LogP contribution in [0.1, 0.15) is 50.8 Å². The fourth-order valence-electron chi connectivity index (χ4n) is 4.33. The van der Waals surface area contributed by atoms with Crippen LogP contribution in [0.15, 0.2) is 22.8 Å². The minimum Gasteiger partial charge on any atom is -0.468 e. The Morgan fingerprint density at radius 3 is 2.71 bits per heavy atom. The van der Waals surface area contributed by atoms with E-state index in [1.54, 1.807) is 13.2 Å². The fourth-order valence-corrected chi connectivity index (χ4v) is 4.33. The molecule has 0 radical (unpaired) electrons. The Bertz CT molecular complexity index is 739.